The van der Waals surface area contributed by atoms with Crippen LogP contribution in [0.5, 0.6) is 0 Å². The second-order valence-electron chi connectivity index (χ2n) is 7.65. The Kier molecular flexibility index (Phi) is 5.31. The van der Waals surface area contributed by atoms with Gasteiger partial charge in [-0.25, -0.2) is 4.39 Å². The minimum absolute atomic E-state index is 0.0757. The summed E-state index contributed by atoms with van der Waals surface area (Å²) in [5.41, 5.74) is 4.86. The van der Waals surface area contributed by atoms with Gasteiger partial charge >= 0.3 is 0 Å². The number of piperazine rings is 1. The first-order valence-electron chi connectivity index (χ1n) is 10.5. The van der Waals surface area contributed by atoms with Gasteiger partial charge in [0, 0.05) is 43.6 Å². The van der Waals surface area contributed by atoms with Gasteiger partial charge in [0.2, 0.25) is 0 Å². The number of para-hydroxylation sites is 1. The van der Waals surface area contributed by atoms with Crippen molar-refractivity contribution in [3.63, 3.8) is 0 Å². The van der Waals surface area contributed by atoms with Crippen molar-refractivity contribution in [3.8, 4) is 0 Å². The van der Waals surface area contributed by atoms with Gasteiger partial charge in [0.25, 0.3) is 5.91 Å². The fraction of sp³-hybridized carbons (Fsp3) is 0.375. The summed E-state index contributed by atoms with van der Waals surface area (Å²) in [7, 11) is 0. The summed E-state index contributed by atoms with van der Waals surface area (Å²) in [6.07, 6.45) is 0.980. The molecule has 4 rings (SSSR count). The van der Waals surface area contributed by atoms with Crippen LogP contribution in [0.15, 0.2) is 42.5 Å². The van der Waals surface area contributed by atoms with E-state index in [2.05, 4.69) is 43.5 Å². The van der Waals surface area contributed by atoms with Gasteiger partial charge in [0.15, 0.2) is 0 Å². The predicted octanol–water partition coefficient (Wildman–Crippen LogP) is 4.63. The van der Waals surface area contributed by atoms with Crippen molar-refractivity contribution < 1.29 is 9.18 Å². The number of hydrogen-bond donors (Lipinski definition) is 0. The number of benzene rings is 2. The van der Waals surface area contributed by atoms with E-state index in [-0.39, 0.29) is 11.7 Å². The molecule has 1 fully saturated rings. The lowest BCUT2D eigenvalue weighted by atomic mass is 10.1. The van der Waals surface area contributed by atoms with E-state index >= 15 is 0 Å². The summed E-state index contributed by atoms with van der Waals surface area (Å²) in [4.78, 5) is 17.4. The summed E-state index contributed by atoms with van der Waals surface area (Å²) in [6, 6.07) is 13.3. The van der Waals surface area contributed by atoms with Crippen molar-refractivity contribution in [1.29, 1.82) is 0 Å². The van der Waals surface area contributed by atoms with E-state index in [1.54, 1.807) is 12.1 Å². The zero-order chi connectivity index (χ0) is 20.5. The number of halogens is 1. The Morgan fingerprint density at radius 3 is 2.41 bits per heavy atom. The Balaban J connectivity index is 1.60. The van der Waals surface area contributed by atoms with E-state index in [0.29, 0.717) is 31.9 Å². The molecule has 0 spiro atoms. The van der Waals surface area contributed by atoms with Crippen molar-refractivity contribution in [3.05, 3.63) is 65.1 Å². The Hall–Kier alpha value is -2.82. The maximum Gasteiger partial charge on any atom is 0.270 e. The molecule has 0 unspecified atom stereocenters. The van der Waals surface area contributed by atoms with Crippen LogP contribution in [0.1, 0.15) is 35.5 Å². The second kappa shape index (κ2) is 7.90. The molecule has 5 heteroatoms. The van der Waals surface area contributed by atoms with E-state index in [4.69, 9.17) is 0 Å². The molecule has 0 N–H and O–H groups in total. The molecule has 1 amide bonds. The Bertz CT molecular complexity index is 1050. The normalized spacial score (nSPS) is 14.6. The molecule has 1 aromatic heterocycles. The highest BCUT2D eigenvalue weighted by atomic mass is 19.1. The molecule has 4 nitrogen and oxygen atoms in total. The molecule has 2 aromatic carbocycles. The molecule has 0 saturated carbocycles. The topological polar surface area (TPSA) is 28.5 Å². The van der Waals surface area contributed by atoms with E-state index in [1.807, 2.05) is 15.9 Å². The number of rotatable bonds is 4. The Labute approximate surface area is 171 Å². The van der Waals surface area contributed by atoms with Gasteiger partial charge in [-0.05, 0) is 55.7 Å². The summed E-state index contributed by atoms with van der Waals surface area (Å²) in [5, 5.41) is 1.17. The van der Waals surface area contributed by atoms with Gasteiger partial charge in [0.05, 0.1) is 5.69 Å². The lowest BCUT2D eigenvalue weighted by Crippen LogP contribution is -2.49. The average molecular weight is 394 g/mol. The van der Waals surface area contributed by atoms with Crippen LogP contribution in [-0.4, -0.2) is 41.6 Å². The zero-order valence-corrected chi connectivity index (χ0v) is 17.4. The van der Waals surface area contributed by atoms with E-state index in [9.17, 15) is 9.18 Å². The van der Waals surface area contributed by atoms with Crippen LogP contribution in [0.3, 0.4) is 0 Å². The molecule has 152 valence electrons. The molecular weight excluding hydrogens is 365 g/mol. The second-order valence-corrected chi connectivity index (χ2v) is 7.65. The Morgan fingerprint density at radius 1 is 1.03 bits per heavy atom. The van der Waals surface area contributed by atoms with Crippen LogP contribution in [0.25, 0.3) is 10.9 Å². The summed E-state index contributed by atoms with van der Waals surface area (Å²) in [6.45, 7) is 9.50. The van der Waals surface area contributed by atoms with Gasteiger partial charge in [0.1, 0.15) is 11.5 Å². The first-order chi connectivity index (χ1) is 14.0. The van der Waals surface area contributed by atoms with Crippen LogP contribution in [0, 0.1) is 12.7 Å². The van der Waals surface area contributed by atoms with Gasteiger partial charge in [-0.3, -0.25) is 4.79 Å². The van der Waals surface area contributed by atoms with Crippen molar-refractivity contribution in [2.45, 2.75) is 33.7 Å². The van der Waals surface area contributed by atoms with Gasteiger partial charge in [-0.2, -0.15) is 0 Å². The third-order valence-electron chi connectivity index (χ3n) is 6.07. The van der Waals surface area contributed by atoms with Crippen molar-refractivity contribution in [2.24, 2.45) is 0 Å². The number of carbonyl (C=O) groups excluding carboxylic acids is 1. The van der Waals surface area contributed by atoms with Crippen LogP contribution < -0.4 is 4.90 Å². The van der Waals surface area contributed by atoms with E-state index in [0.717, 1.165) is 29.7 Å². The van der Waals surface area contributed by atoms with Crippen molar-refractivity contribution in [1.82, 2.24) is 9.47 Å². The third kappa shape index (κ3) is 3.39. The molecule has 29 heavy (non-hydrogen) atoms. The largest absolute Gasteiger partial charge is 0.366 e. The number of fused-ring (bicyclic) bond motifs is 1. The lowest BCUT2D eigenvalue weighted by molar-refractivity contribution is 0.0735. The average Bonchev–Trinajstić information content (AvgIpc) is 3.04. The van der Waals surface area contributed by atoms with Gasteiger partial charge < -0.3 is 14.4 Å². The standard InChI is InChI=1S/C24H28FN3O/c1-4-18-10-11-21-19(16-18)17(3)23(28(21)5-2)24(29)27-14-12-26(13-15-27)22-9-7-6-8-20(22)25/h6-11,16H,4-5,12-15H2,1-3H3. The number of carbonyl (C=O) groups is 1. The minimum atomic E-state index is -0.207. The smallest absolute Gasteiger partial charge is 0.270 e. The highest BCUT2D eigenvalue weighted by Gasteiger charge is 2.28. The predicted molar refractivity (Wildman–Crippen MR) is 116 cm³/mol. The monoisotopic (exact) mass is 393 g/mol. The van der Waals surface area contributed by atoms with Gasteiger partial charge in [-0.1, -0.05) is 25.1 Å². The first-order valence-corrected chi connectivity index (χ1v) is 10.5. The highest BCUT2D eigenvalue weighted by molar-refractivity contribution is 6.02. The molecule has 0 atom stereocenters. The minimum Gasteiger partial charge on any atom is -0.366 e. The molecule has 0 bridgehead atoms. The lowest BCUT2D eigenvalue weighted by Gasteiger charge is -2.36. The molecular formula is C24H28FN3O. The zero-order valence-electron chi connectivity index (χ0n) is 17.4. The maximum absolute atomic E-state index is 14.1. The van der Waals surface area contributed by atoms with Crippen LogP contribution >= 0.6 is 0 Å². The van der Waals surface area contributed by atoms with Crippen LogP contribution in [0.2, 0.25) is 0 Å². The number of aromatic nitrogens is 1. The molecule has 0 aliphatic carbocycles. The summed E-state index contributed by atoms with van der Waals surface area (Å²) >= 11 is 0. The number of hydrogen-bond acceptors (Lipinski definition) is 2. The van der Waals surface area contributed by atoms with Crippen molar-refractivity contribution >= 4 is 22.5 Å². The molecule has 1 aliphatic heterocycles. The van der Waals surface area contributed by atoms with Crippen LogP contribution in [-0.2, 0) is 13.0 Å². The first kappa shape index (κ1) is 19.5. The SMILES string of the molecule is CCc1ccc2c(c1)c(C)c(C(=O)N1CCN(c3ccccc3F)CC1)n2CC. The molecule has 3 aromatic rings. The fourth-order valence-electron chi connectivity index (χ4n) is 4.40. The summed E-state index contributed by atoms with van der Waals surface area (Å²) in [5.74, 6) is -0.132. The number of aryl methyl sites for hydroxylation is 3. The van der Waals surface area contributed by atoms with Crippen molar-refractivity contribution in [2.75, 3.05) is 31.1 Å². The van der Waals surface area contributed by atoms with Gasteiger partial charge in [-0.15, -0.1) is 0 Å². The molecule has 1 aliphatic rings. The number of anilines is 1. The number of nitrogens with zero attached hydrogens (tertiary/aromatic N) is 3. The van der Waals surface area contributed by atoms with Crippen LogP contribution in [0.4, 0.5) is 10.1 Å². The van der Waals surface area contributed by atoms with E-state index < -0.39 is 0 Å². The number of amides is 1. The molecule has 1 saturated heterocycles. The Morgan fingerprint density at radius 2 is 1.76 bits per heavy atom. The molecule has 2 heterocycles. The quantitative estimate of drug-likeness (QED) is 0.646. The fourth-order valence-corrected chi connectivity index (χ4v) is 4.40. The maximum atomic E-state index is 14.1. The third-order valence-corrected chi connectivity index (χ3v) is 6.07. The summed E-state index contributed by atoms with van der Waals surface area (Å²) < 4.78 is 16.2. The molecule has 0 radical (unpaired) electrons. The van der Waals surface area contributed by atoms with E-state index in [1.165, 1.54) is 17.0 Å². The highest BCUT2D eigenvalue weighted by Crippen LogP contribution is 2.29.